The minimum Gasteiger partial charge on any atom is -0.481 e. The Morgan fingerprint density at radius 1 is 1.08 bits per heavy atom. The fourth-order valence-corrected chi connectivity index (χ4v) is 2.71. The number of aliphatic carboxylic acids is 1. The first-order valence-electron chi connectivity index (χ1n) is 8.09. The van der Waals surface area contributed by atoms with Gasteiger partial charge in [-0.1, -0.05) is 19.1 Å². The lowest BCUT2D eigenvalue weighted by Crippen LogP contribution is -2.31. The van der Waals surface area contributed by atoms with E-state index in [1.807, 2.05) is 31.2 Å². The van der Waals surface area contributed by atoms with Crippen molar-refractivity contribution in [2.24, 2.45) is 0 Å². The van der Waals surface area contributed by atoms with Gasteiger partial charge in [0.1, 0.15) is 0 Å². The van der Waals surface area contributed by atoms with E-state index in [1.54, 1.807) is 16.2 Å². The van der Waals surface area contributed by atoms with Gasteiger partial charge in [-0.2, -0.15) is 0 Å². The Labute approximate surface area is 140 Å². The predicted molar refractivity (Wildman–Crippen MR) is 91.0 cm³/mol. The Kier molecular flexibility index (Phi) is 5.78. The number of hydrogen-bond donors (Lipinski definition) is 1. The molecule has 7 heteroatoms. The molecule has 24 heavy (non-hydrogen) atoms. The van der Waals surface area contributed by atoms with Crippen LogP contribution in [0.2, 0.25) is 0 Å². The number of carbonyl (C=O) groups excluding carboxylic acids is 1. The second-order valence-corrected chi connectivity index (χ2v) is 5.78. The van der Waals surface area contributed by atoms with Crippen molar-refractivity contribution >= 4 is 22.9 Å². The molecule has 0 aliphatic rings. The number of aryl methyl sites for hydroxylation is 2. The fourth-order valence-electron chi connectivity index (χ4n) is 2.71. The summed E-state index contributed by atoms with van der Waals surface area (Å²) in [5.74, 6) is -1.11. The summed E-state index contributed by atoms with van der Waals surface area (Å²) >= 11 is 0. The lowest BCUT2D eigenvalue weighted by molar-refractivity contribution is -0.138. The third-order valence-corrected chi connectivity index (χ3v) is 4.01. The number of nitrogens with zero attached hydrogens (tertiary/aromatic N) is 3. The minimum atomic E-state index is -0.937. The minimum absolute atomic E-state index is 0.0853. The summed E-state index contributed by atoms with van der Waals surface area (Å²) in [6.45, 7) is 3.10. The normalized spacial score (nSPS) is 10.9. The lowest BCUT2D eigenvalue weighted by atomic mass is 10.3. The molecule has 7 nitrogen and oxygen atoms in total. The summed E-state index contributed by atoms with van der Waals surface area (Å²) in [7, 11) is 1.58. The smallest absolute Gasteiger partial charge is 0.329 e. The molecule has 2 rings (SSSR count). The zero-order valence-electron chi connectivity index (χ0n) is 14.1. The van der Waals surface area contributed by atoms with Gasteiger partial charge >= 0.3 is 11.7 Å². The summed E-state index contributed by atoms with van der Waals surface area (Å²) in [5.41, 5.74) is 1.58. The first-order valence-corrected chi connectivity index (χ1v) is 8.09. The Bertz CT molecular complexity index is 791. The Morgan fingerprint density at radius 2 is 1.67 bits per heavy atom. The monoisotopic (exact) mass is 333 g/mol. The van der Waals surface area contributed by atoms with Crippen LogP contribution in [-0.2, 0) is 22.7 Å². The van der Waals surface area contributed by atoms with Crippen molar-refractivity contribution in [2.45, 2.75) is 39.3 Å². The number of imidazole rings is 1. The number of hydrogen-bond acceptors (Lipinski definition) is 3. The van der Waals surface area contributed by atoms with Gasteiger partial charge in [-0.15, -0.1) is 0 Å². The number of para-hydroxylation sites is 2. The largest absolute Gasteiger partial charge is 0.481 e. The van der Waals surface area contributed by atoms with Crippen LogP contribution in [-0.4, -0.2) is 44.6 Å². The number of carboxylic acids is 1. The van der Waals surface area contributed by atoms with Crippen molar-refractivity contribution in [3.05, 3.63) is 34.7 Å². The van der Waals surface area contributed by atoms with Crippen molar-refractivity contribution in [2.75, 3.05) is 13.6 Å². The molecule has 0 spiro atoms. The predicted octanol–water partition coefficient (Wildman–Crippen LogP) is 1.54. The molecule has 0 fully saturated rings. The first kappa shape index (κ1) is 17.8. The number of carboxylic acid groups (broad SMARTS) is 1. The summed E-state index contributed by atoms with van der Waals surface area (Å²) in [6.07, 6.45) is 0.929. The quantitative estimate of drug-likeness (QED) is 0.794. The number of carbonyl (C=O) groups is 2. The Morgan fingerprint density at radius 3 is 2.21 bits per heavy atom. The van der Waals surface area contributed by atoms with E-state index in [1.165, 1.54) is 4.90 Å². The van der Waals surface area contributed by atoms with Crippen LogP contribution in [0, 0.1) is 0 Å². The van der Waals surface area contributed by atoms with Gasteiger partial charge in [0, 0.05) is 33.1 Å². The summed E-state index contributed by atoms with van der Waals surface area (Å²) in [5, 5.41) is 8.67. The molecule has 1 N–H and O–H groups in total. The van der Waals surface area contributed by atoms with Crippen LogP contribution in [0.1, 0.15) is 26.2 Å². The van der Waals surface area contributed by atoms with Gasteiger partial charge in [0.2, 0.25) is 5.91 Å². The fraction of sp³-hybridized carbons (Fsp3) is 0.471. The molecular formula is C17H23N3O4. The van der Waals surface area contributed by atoms with Crippen molar-refractivity contribution in [3.63, 3.8) is 0 Å². The van der Waals surface area contributed by atoms with E-state index in [4.69, 9.17) is 5.11 Å². The van der Waals surface area contributed by atoms with Crippen LogP contribution in [0.4, 0.5) is 0 Å². The molecule has 0 atom stereocenters. The molecule has 1 aromatic heterocycles. The van der Waals surface area contributed by atoms with Crippen LogP contribution in [0.15, 0.2) is 29.1 Å². The zero-order chi connectivity index (χ0) is 17.7. The lowest BCUT2D eigenvalue weighted by Gasteiger charge is -2.16. The highest BCUT2D eigenvalue weighted by Crippen LogP contribution is 2.13. The molecule has 0 unspecified atom stereocenters. The van der Waals surface area contributed by atoms with Crippen molar-refractivity contribution in [1.29, 1.82) is 0 Å². The topological polar surface area (TPSA) is 84.5 Å². The van der Waals surface area contributed by atoms with Gasteiger partial charge in [-0.05, 0) is 18.6 Å². The number of aromatic nitrogens is 2. The maximum Gasteiger partial charge on any atom is 0.329 e. The molecule has 0 aliphatic carbocycles. The second-order valence-electron chi connectivity index (χ2n) is 5.78. The van der Waals surface area contributed by atoms with Crippen LogP contribution in [0.3, 0.4) is 0 Å². The second kappa shape index (κ2) is 7.81. The molecular weight excluding hydrogens is 310 g/mol. The molecule has 1 heterocycles. The van der Waals surface area contributed by atoms with Gasteiger partial charge in [0.05, 0.1) is 17.5 Å². The van der Waals surface area contributed by atoms with E-state index in [9.17, 15) is 14.4 Å². The van der Waals surface area contributed by atoms with Crippen LogP contribution in [0.5, 0.6) is 0 Å². The van der Waals surface area contributed by atoms with Gasteiger partial charge < -0.3 is 10.0 Å². The van der Waals surface area contributed by atoms with Crippen LogP contribution >= 0.6 is 0 Å². The average Bonchev–Trinajstić information content (AvgIpc) is 2.83. The van der Waals surface area contributed by atoms with Crippen molar-refractivity contribution in [1.82, 2.24) is 14.0 Å². The summed E-state index contributed by atoms with van der Waals surface area (Å²) < 4.78 is 3.35. The SMILES string of the molecule is CCCn1c(=O)n(CCC(=O)N(C)CCC(=O)O)c2ccccc21. The number of benzene rings is 1. The van der Waals surface area contributed by atoms with Crippen molar-refractivity contribution < 1.29 is 14.7 Å². The maximum absolute atomic E-state index is 12.6. The van der Waals surface area contributed by atoms with Gasteiger partial charge in [0.15, 0.2) is 0 Å². The van der Waals surface area contributed by atoms with E-state index in [0.717, 1.165) is 17.5 Å². The number of amides is 1. The highest BCUT2D eigenvalue weighted by Gasteiger charge is 2.15. The third-order valence-electron chi connectivity index (χ3n) is 4.01. The van der Waals surface area contributed by atoms with Crippen LogP contribution in [0.25, 0.3) is 11.0 Å². The van der Waals surface area contributed by atoms with Gasteiger partial charge in [-0.3, -0.25) is 18.7 Å². The molecule has 1 aromatic carbocycles. The molecule has 0 saturated carbocycles. The van der Waals surface area contributed by atoms with E-state index < -0.39 is 5.97 Å². The third kappa shape index (κ3) is 3.84. The molecule has 0 bridgehead atoms. The summed E-state index contributed by atoms with van der Waals surface area (Å²) in [6, 6.07) is 7.55. The zero-order valence-corrected chi connectivity index (χ0v) is 14.1. The van der Waals surface area contributed by atoms with E-state index in [0.29, 0.717) is 6.54 Å². The van der Waals surface area contributed by atoms with E-state index >= 15 is 0 Å². The van der Waals surface area contributed by atoms with E-state index in [2.05, 4.69) is 0 Å². The molecule has 1 amide bonds. The molecule has 0 aliphatic heterocycles. The van der Waals surface area contributed by atoms with E-state index in [-0.39, 0.29) is 37.5 Å². The first-order chi connectivity index (χ1) is 11.5. The molecule has 0 saturated heterocycles. The highest BCUT2D eigenvalue weighted by atomic mass is 16.4. The Hall–Kier alpha value is -2.57. The van der Waals surface area contributed by atoms with Gasteiger partial charge in [-0.25, -0.2) is 4.79 Å². The summed E-state index contributed by atoms with van der Waals surface area (Å²) in [4.78, 5) is 36.7. The number of rotatable bonds is 8. The molecule has 130 valence electrons. The number of fused-ring (bicyclic) bond motifs is 1. The highest BCUT2D eigenvalue weighted by molar-refractivity contribution is 5.78. The van der Waals surface area contributed by atoms with Crippen LogP contribution < -0.4 is 5.69 Å². The maximum atomic E-state index is 12.6. The van der Waals surface area contributed by atoms with Crippen molar-refractivity contribution in [3.8, 4) is 0 Å². The molecule has 0 radical (unpaired) electrons. The Balaban J connectivity index is 2.15. The standard InChI is InChI=1S/C17H23N3O4/c1-3-10-19-13-6-4-5-7-14(13)20(17(19)24)12-8-15(21)18(2)11-9-16(22)23/h4-7H,3,8-12H2,1-2H3,(H,22,23). The van der Waals surface area contributed by atoms with Gasteiger partial charge in [0.25, 0.3) is 0 Å². The molecule has 2 aromatic rings. The average molecular weight is 333 g/mol.